The van der Waals surface area contributed by atoms with Crippen LogP contribution in [0, 0.1) is 5.92 Å². The minimum atomic E-state index is -0.810. The highest BCUT2D eigenvalue weighted by atomic mass is 16.4. The van der Waals surface area contributed by atoms with E-state index in [0.717, 1.165) is 38.2 Å². The third-order valence-electron chi connectivity index (χ3n) is 6.54. The average molecular weight is 386 g/mol. The summed E-state index contributed by atoms with van der Waals surface area (Å²) in [5.74, 6) is 0.390. The van der Waals surface area contributed by atoms with Gasteiger partial charge in [0.2, 0.25) is 5.91 Å². The first-order valence-electron chi connectivity index (χ1n) is 10.6. The molecule has 2 N–H and O–H groups in total. The third kappa shape index (κ3) is 4.14. The number of aliphatic carboxylic acids is 1. The van der Waals surface area contributed by atoms with Crippen molar-refractivity contribution >= 4 is 23.4 Å². The molecule has 1 amide bonds. The van der Waals surface area contributed by atoms with Gasteiger partial charge in [-0.1, -0.05) is 12.8 Å². The number of nitrogens with zero attached hydrogens (tertiary/aromatic N) is 3. The normalized spacial score (nSPS) is 28.0. The fourth-order valence-electron chi connectivity index (χ4n) is 5.16. The second kappa shape index (κ2) is 8.47. The number of amides is 1. The van der Waals surface area contributed by atoms with E-state index in [1.807, 2.05) is 17.0 Å². The van der Waals surface area contributed by atoms with Crippen LogP contribution in [0.2, 0.25) is 0 Å². The average Bonchev–Trinajstić information content (AvgIpc) is 3.08. The van der Waals surface area contributed by atoms with E-state index in [-0.39, 0.29) is 18.5 Å². The molecule has 7 nitrogen and oxygen atoms in total. The van der Waals surface area contributed by atoms with Crippen LogP contribution in [0.15, 0.2) is 18.3 Å². The number of hydrogen-bond donors (Lipinski definition) is 2. The molecule has 3 atom stereocenters. The summed E-state index contributed by atoms with van der Waals surface area (Å²) in [5, 5.41) is 12.5. The number of anilines is 2. The second-order valence-corrected chi connectivity index (χ2v) is 8.37. The molecule has 28 heavy (non-hydrogen) atoms. The van der Waals surface area contributed by atoms with Crippen LogP contribution in [-0.2, 0) is 9.59 Å². The molecule has 2 saturated heterocycles. The van der Waals surface area contributed by atoms with Crippen LogP contribution < -0.4 is 10.2 Å². The van der Waals surface area contributed by atoms with Crippen molar-refractivity contribution in [1.82, 2.24) is 9.88 Å². The highest BCUT2D eigenvalue weighted by Crippen LogP contribution is 2.39. The van der Waals surface area contributed by atoms with E-state index in [4.69, 9.17) is 0 Å². The molecule has 0 radical (unpaired) electrons. The number of hydrogen-bond acceptors (Lipinski definition) is 5. The predicted molar refractivity (Wildman–Crippen MR) is 107 cm³/mol. The fourth-order valence-corrected chi connectivity index (χ4v) is 5.16. The Balaban J connectivity index is 1.37. The minimum absolute atomic E-state index is 0.131. The molecule has 1 aromatic rings. The highest BCUT2D eigenvalue weighted by Gasteiger charge is 2.45. The quantitative estimate of drug-likeness (QED) is 0.809. The summed E-state index contributed by atoms with van der Waals surface area (Å²) in [4.78, 5) is 33.0. The molecular weight excluding hydrogens is 356 g/mol. The molecule has 3 fully saturated rings. The largest absolute Gasteiger partial charge is 0.480 e. The lowest BCUT2D eigenvalue weighted by Gasteiger charge is -2.32. The van der Waals surface area contributed by atoms with E-state index in [0.29, 0.717) is 18.0 Å². The van der Waals surface area contributed by atoms with Gasteiger partial charge >= 0.3 is 5.97 Å². The summed E-state index contributed by atoms with van der Waals surface area (Å²) < 4.78 is 0. The Morgan fingerprint density at radius 2 is 1.89 bits per heavy atom. The van der Waals surface area contributed by atoms with Crippen molar-refractivity contribution in [2.24, 2.45) is 5.92 Å². The van der Waals surface area contributed by atoms with Gasteiger partial charge in [-0.05, 0) is 56.6 Å². The summed E-state index contributed by atoms with van der Waals surface area (Å²) in [5.41, 5.74) is 0.664. The first-order valence-corrected chi connectivity index (χ1v) is 10.6. The number of carboxylic acid groups (broad SMARTS) is 1. The van der Waals surface area contributed by atoms with Crippen LogP contribution in [0.5, 0.6) is 0 Å². The standard InChI is InChI=1S/C21H30N4O3/c26-20(14-25-17-7-3-2-6-15(17)12-18(25)21(27)28)23-16-8-9-19(22-13-16)24-10-4-1-5-11-24/h8-9,13,15,17-18H,1-7,10-12,14H2,(H,23,26)(H,27,28). The van der Waals surface area contributed by atoms with Crippen LogP contribution in [0.4, 0.5) is 11.5 Å². The Morgan fingerprint density at radius 3 is 2.61 bits per heavy atom. The molecule has 1 saturated carbocycles. The van der Waals surface area contributed by atoms with Gasteiger partial charge in [-0.15, -0.1) is 0 Å². The Bertz CT molecular complexity index is 702. The van der Waals surface area contributed by atoms with Gasteiger partial charge in [0.25, 0.3) is 0 Å². The Hall–Kier alpha value is -2.15. The molecule has 1 aliphatic carbocycles. The number of carboxylic acids is 1. The number of aromatic nitrogens is 1. The molecule has 0 spiro atoms. The molecule has 2 aliphatic heterocycles. The number of rotatable bonds is 5. The molecule has 3 aliphatic rings. The zero-order chi connectivity index (χ0) is 19.5. The van der Waals surface area contributed by atoms with Gasteiger partial charge in [0.15, 0.2) is 0 Å². The van der Waals surface area contributed by atoms with E-state index in [2.05, 4.69) is 15.2 Å². The van der Waals surface area contributed by atoms with Crippen molar-refractivity contribution in [3.63, 3.8) is 0 Å². The van der Waals surface area contributed by atoms with Gasteiger partial charge in [0.1, 0.15) is 11.9 Å². The van der Waals surface area contributed by atoms with Crippen molar-refractivity contribution in [3.05, 3.63) is 18.3 Å². The zero-order valence-electron chi connectivity index (χ0n) is 16.3. The van der Waals surface area contributed by atoms with E-state index < -0.39 is 12.0 Å². The smallest absolute Gasteiger partial charge is 0.320 e. The lowest BCUT2D eigenvalue weighted by Crippen LogP contribution is -2.46. The summed E-state index contributed by atoms with van der Waals surface area (Å²) in [6, 6.07) is 3.52. The van der Waals surface area contributed by atoms with Gasteiger partial charge in [-0.25, -0.2) is 4.98 Å². The Morgan fingerprint density at radius 1 is 1.11 bits per heavy atom. The monoisotopic (exact) mass is 386 g/mol. The highest BCUT2D eigenvalue weighted by molar-refractivity contribution is 5.92. The molecule has 7 heteroatoms. The summed E-state index contributed by atoms with van der Waals surface area (Å²) in [6.45, 7) is 2.20. The first kappa shape index (κ1) is 19.2. The Labute approximate surface area is 166 Å². The van der Waals surface area contributed by atoms with Gasteiger partial charge in [0, 0.05) is 19.1 Å². The fraction of sp³-hybridized carbons (Fsp3) is 0.667. The predicted octanol–water partition coefficient (Wildman–Crippen LogP) is 2.73. The van der Waals surface area contributed by atoms with Crippen molar-refractivity contribution in [3.8, 4) is 0 Å². The number of fused-ring (bicyclic) bond motifs is 1. The maximum atomic E-state index is 12.6. The number of pyridine rings is 1. The number of piperidine rings is 1. The molecule has 0 bridgehead atoms. The first-order chi connectivity index (χ1) is 13.6. The topological polar surface area (TPSA) is 85.8 Å². The van der Waals surface area contributed by atoms with Crippen molar-refractivity contribution in [1.29, 1.82) is 0 Å². The summed E-state index contributed by atoms with van der Waals surface area (Å²) in [6.07, 6.45) is 10.4. The second-order valence-electron chi connectivity index (χ2n) is 8.37. The molecule has 1 aromatic heterocycles. The van der Waals surface area contributed by atoms with Gasteiger partial charge in [0.05, 0.1) is 18.4 Å². The van der Waals surface area contributed by atoms with Gasteiger partial charge < -0.3 is 15.3 Å². The van der Waals surface area contributed by atoms with Crippen LogP contribution in [0.3, 0.4) is 0 Å². The van der Waals surface area contributed by atoms with E-state index in [9.17, 15) is 14.7 Å². The minimum Gasteiger partial charge on any atom is -0.480 e. The zero-order valence-corrected chi connectivity index (χ0v) is 16.3. The molecule has 152 valence electrons. The number of nitrogens with one attached hydrogen (secondary N) is 1. The molecule has 3 unspecified atom stereocenters. The SMILES string of the molecule is O=C(CN1C(C(=O)O)CC2CCCCC21)Nc1ccc(N2CCCCC2)nc1. The van der Waals surface area contributed by atoms with Crippen molar-refractivity contribution < 1.29 is 14.7 Å². The number of likely N-dealkylation sites (tertiary alicyclic amines) is 1. The van der Waals surface area contributed by atoms with E-state index in [1.165, 1.54) is 25.7 Å². The van der Waals surface area contributed by atoms with Crippen LogP contribution in [0.25, 0.3) is 0 Å². The third-order valence-corrected chi connectivity index (χ3v) is 6.54. The number of carbonyl (C=O) groups is 2. The van der Waals surface area contributed by atoms with Crippen molar-refractivity contribution in [2.45, 2.75) is 63.5 Å². The molecule has 3 heterocycles. The molecular formula is C21H30N4O3. The Kier molecular flexibility index (Phi) is 5.80. The van der Waals surface area contributed by atoms with Crippen LogP contribution in [-0.4, -0.2) is 58.6 Å². The van der Waals surface area contributed by atoms with Crippen LogP contribution >= 0.6 is 0 Å². The molecule has 4 rings (SSSR count). The maximum absolute atomic E-state index is 12.6. The number of carbonyl (C=O) groups excluding carboxylic acids is 1. The van der Waals surface area contributed by atoms with Crippen molar-refractivity contribution in [2.75, 3.05) is 29.9 Å². The maximum Gasteiger partial charge on any atom is 0.320 e. The van der Waals surface area contributed by atoms with E-state index >= 15 is 0 Å². The molecule has 0 aromatic carbocycles. The lowest BCUT2D eigenvalue weighted by atomic mass is 9.85. The van der Waals surface area contributed by atoms with Gasteiger partial charge in [-0.2, -0.15) is 0 Å². The van der Waals surface area contributed by atoms with Crippen LogP contribution in [0.1, 0.15) is 51.4 Å². The van der Waals surface area contributed by atoms with Gasteiger partial charge in [-0.3, -0.25) is 14.5 Å². The lowest BCUT2D eigenvalue weighted by molar-refractivity contribution is -0.143. The summed E-state index contributed by atoms with van der Waals surface area (Å²) >= 11 is 0. The van der Waals surface area contributed by atoms with E-state index in [1.54, 1.807) is 6.20 Å². The summed E-state index contributed by atoms with van der Waals surface area (Å²) in [7, 11) is 0.